The SMILES string of the molecule is O=C1CCN2C[C@H](c3ccccc3)c3ccccc3[C@H]2C1. The number of hydrogen-bond donors (Lipinski definition) is 0. The van der Waals surface area contributed by atoms with Crippen LogP contribution in [0.2, 0.25) is 0 Å². The van der Waals surface area contributed by atoms with E-state index in [1.54, 1.807) is 0 Å². The van der Waals surface area contributed by atoms with Gasteiger partial charge in [0.15, 0.2) is 0 Å². The first-order valence-corrected chi connectivity index (χ1v) is 7.72. The zero-order chi connectivity index (χ0) is 14.2. The molecule has 0 aromatic heterocycles. The number of benzene rings is 2. The molecular formula is C19H19NO. The van der Waals surface area contributed by atoms with Gasteiger partial charge < -0.3 is 0 Å². The van der Waals surface area contributed by atoms with Crippen molar-refractivity contribution in [3.8, 4) is 0 Å². The molecule has 2 aliphatic heterocycles. The molecule has 21 heavy (non-hydrogen) atoms. The molecule has 1 fully saturated rings. The summed E-state index contributed by atoms with van der Waals surface area (Å²) in [6, 6.07) is 19.7. The molecule has 2 heteroatoms. The molecule has 1 saturated heterocycles. The maximum atomic E-state index is 11.9. The summed E-state index contributed by atoms with van der Waals surface area (Å²) in [5.41, 5.74) is 4.13. The maximum absolute atomic E-state index is 11.9. The highest BCUT2D eigenvalue weighted by molar-refractivity contribution is 5.80. The van der Waals surface area contributed by atoms with Crippen molar-refractivity contribution in [1.82, 2.24) is 4.90 Å². The van der Waals surface area contributed by atoms with E-state index in [1.807, 2.05) is 0 Å². The molecule has 2 atom stereocenters. The molecule has 0 amide bonds. The molecule has 0 N–H and O–H groups in total. The Hall–Kier alpha value is -1.93. The number of Topliss-reactive ketones (excluding diaryl/α,β-unsaturated/α-hetero) is 1. The third-order valence-electron chi connectivity index (χ3n) is 4.89. The van der Waals surface area contributed by atoms with Gasteiger partial charge in [0.25, 0.3) is 0 Å². The fraction of sp³-hybridized carbons (Fsp3) is 0.316. The van der Waals surface area contributed by atoms with Gasteiger partial charge in [0.05, 0.1) is 0 Å². The summed E-state index contributed by atoms with van der Waals surface area (Å²) in [7, 11) is 0. The van der Waals surface area contributed by atoms with Gasteiger partial charge in [-0.05, 0) is 16.7 Å². The van der Waals surface area contributed by atoms with E-state index < -0.39 is 0 Å². The predicted octanol–water partition coefficient (Wildman–Crippen LogP) is 3.54. The fourth-order valence-corrected chi connectivity index (χ4v) is 3.83. The Morgan fingerprint density at radius 3 is 2.43 bits per heavy atom. The van der Waals surface area contributed by atoms with Gasteiger partial charge >= 0.3 is 0 Å². The largest absolute Gasteiger partial charge is 0.300 e. The summed E-state index contributed by atoms with van der Waals surface area (Å²) in [5.74, 6) is 0.830. The Morgan fingerprint density at radius 1 is 0.905 bits per heavy atom. The third kappa shape index (κ3) is 2.20. The molecule has 0 spiro atoms. The molecule has 0 bridgehead atoms. The molecule has 0 unspecified atom stereocenters. The summed E-state index contributed by atoms with van der Waals surface area (Å²) in [4.78, 5) is 14.4. The molecule has 0 radical (unpaired) electrons. The summed E-state index contributed by atoms with van der Waals surface area (Å²) in [6.07, 6.45) is 1.39. The number of piperidine rings is 1. The van der Waals surface area contributed by atoms with Gasteiger partial charge in [0, 0.05) is 37.9 Å². The van der Waals surface area contributed by atoms with Crippen molar-refractivity contribution < 1.29 is 4.79 Å². The van der Waals surface area contributed by atoms with Crippen LogP contribution in [0.15, 0.2) is 54.6 Å². The highest BCUT2D eigenvalue weighted by atomic mass is 16.1. The Kier molecular flexibility index (Phi) is 3.12. The first-order chi connectivity index (χ1) is 10.3. The zero-order valence-electron chi connectivity index (χ0n) is 12.0. The second-order valence-corrected chi connectivity index (χ2v) is 6.10. The number of carbonyl (C=O) groups is 1. The lowest BCUT2D eigenvalue weighted by atomic mass is 9.78. The van der Waals surface area contributed by atoms with Crippen molar-refractivity contribution in [3.05, 3.63) is 71.3 Å². The Bertz CT molecular complexity index is 664. The first-order valence-electron chi connectivity index (χ1n) is 7.72. The number of ketones is 1. The van der Waals surface area contributed by atoms with Crippen molar-refractivity contribution in [2.75, 3.05) is 13.1 Å². The van der Waals surface area contributed by atoms with E-state index in [0.717, 1.165) is 13.1 Å². The zero-order valence-corrected chi connectivity index (χ0v) is 12.0. The van der Waals surface area contributed by atoms with Crippen LogP contribution < -0.4 is 0 Å². The van der Waals surface area contributed by atoms with Crippen LogP contribution in [0.5, 0.6) is 0 Å². The van der Waals surface area contributed by atoms with Crippen molar-refractivity contribution in [2.45, 2.75) is 24.8 Å². The average Bonchev–Trinajstić information content (AvgIpc) is 2.55. The second kappa shape index (κ2) is 5.12. The van der Waals surface area contributed by atoms with Crippen LogP contribution in [0.4, 0.5) is 0 Å². The predicted molar refractivity (Wildman–Crippen MR) is 83.3 cm³/mol. The summed E-state index contributed by atoms with van der Waals surface area (Å²) >= 11 is 0. The van der Waals surface area contributed by atoms with E-state index >= 15 is 0 Å². The van der Waals surface area contributed by atoms with Crippen molar-refractivity contribution in [1.29, 1.82) is 0 Å². The normalized spacial score (nSPS) is 25.2. The third-order valence-corrected chi connectivity index (χ3v) is 4.89. The molecular weight excluding hydrogens is 258 g/mol. The smallest absolute Gasteiger partial charge is 0.136 e. The molecule has 0 aliphatic carbocycles. The molecule has 2 aromatic rings. The molecule has 0 saturated carbocycles. The molecule has 2 nitrogen and oxygen atoms in total. The van der Waals surface area contributed by atoms with Gasteiger partial charge in [-0.2, -0.15) is 0 Å². The minimum absolute atomic E-state index is 0.294. The average molecular weight is 277 g/mol. The van der Waals surface area contributed by atoms with Crippen LogP contribution in [-0.4, -0.2) is 23.8 Å². The number of hydrogen-bond acceptors (Lipinski definition) is 2. The van der Waals surface area contributed by atoms with E-state index in [2.05, 4.69) is 59.5 Å². The van der Waals surface area contributed by atoms with Crippen molar-refractivity contribution >= 4 is 5.78 Å². The fourth-order valence-electron chi connectivity index (χ4n) is 3.83. The summed E-state index contributed by atoms with van der Waals surface area (Å²) in [6.45, 7) is 1.93. The Labute approximate surface area is 125 Å². The minimum Gasteiger partial charge on any atom is -0.300 e. The number of rotatable bonds is 1. The van der Waals surface area contributed by atoms with E-state index in [0.29, 0.717) is 30.6 Å². The number of nitrogens with zero attached hydrogens (tertiary/aromatic N) is 1. The van der Waals surface area contributed by atoms with E-state index in [1.165, 1.54) is 16.7 Å². The van der Waals surface area contributed by atoms with Crippen molar-refractivity contribution in [3.63, 3.8) is 0 Å². The van der Waals surface area contributed by atoms with E-state index in [4.69, 9.17) is 0 Å². The van der Waals surface area contributed by atoms with Gasteiger partial charge in [0.1, 0.15) is 5.78 Å². The van der Waals surface area contributed by atoms with Gasteiger partial charge in [-0.25, -0.2) is 0 Å². The Morgan fingerprint density at radius 2 is 1.62 bits per heavy atom. The van der Waals surface area contributed by atoms with Crippen LogP contribution in [0, 0.1) is 0 Å². The van der Waals surface area contributed by atoms with Gasteiger partial charge in [0.2, 0.25) is 0 Å². The lowest BCUT2D eigenvalue weighted by Crippen LogP contribution is -2.43. The van der Waals surface area contributed by atoms with Crippen LogP contribution in [0.1, 0.15) is 41.5 Å². The minimum atomic E-state index is 0.294. The number of fused-ring (bicyclic) bond motifs is 3. The van der Waals surface area contributed by atoms with Gasteiger partial charge in [-0.1, -0.05) is 54.6 Å². The highest BCUT2D eigenvalue weighted by Crippen LogP contribution is 2.42. The quantitative estimate of drug-likeness (QED) is 0.794. The highest BCUT2D eigenvalue weighted by Gasteiger charge is 2.36. The number of carbonyl (C=O) groups excluding carboxylic acids is 1. The Balaban J connectivity index is 1.80. The monoisotopic (exact) mass is 277 g/mol. The van der Waals surface area contributed by atoms with Crippen LogP contribution >= 0.6 is 0 Å². The second-order valence-electron chi connectivity index (χ2n) is 6.10. The van der Waals surface area contributed by atoms with Crippen LogP contribution in [-0.2, 0) is 4.79 Å². The molecule has 2 heterocycles. The maximum Gasteiger partial charge on any atom is 0.136 e. The van der Waals surface area contributed by atoms with E-state index in [-0.39, 0.29) is 0 Å². The standard InChI is InChI=1S/C19H19NO/c21-15-10-11-20-13-18(14-6-2-1-3-7-14)16-8-4-5-9-17(16)19(20)12-15/h1-9,18-19H,10-13H2/t18-,19-/m1/s1. The van der Waals surface area contributed by atoms with Crippen LogP contribution in [0.3, 0.4) is 0 Å². The molecule has 106 valence electrons. The molecule has 4 rings (SSSR count). The van der Waals surface area contributed by atoms with Gasteiger partial charge in [-0.15, -0.1) is 0 Å². The summed E-state index contributed by atoms with van der Waals surface area (Å²) < 4.78 is 0. The van der Waals surface area contributed by atoms with Gasteiger partial charge in [-0.3, -0.25) is 9.69 Å². The topological polar surface area (TPSA) is 20.3 Å². The molecule has 2 aromatic carbocycles. The van der Waals surface area contributed by atoms with Crippen molar-refractivity contribution in [2.24, 2.45) is 0 Å². The van der Waals surface area contributed by atoms with E-state index in [9.17, 15) is 4.79 Å². The molecule has 2 aliphatic rings. The lowest BCUT2D eigenvalue weighted by Gasteiger charge is -2.43. The first kappa shape index (κ1) is 12.8. The summed E-state index contributed by atoms with van der Waals surface area (Å²) in [5, 5.41) is 0. The van der Waals surface area contributed by atoms with Crippen LogP contribution in [0.25, 0.3) is 0 Å². The lowest BCUT2D eigenvalue weighted by molar-refractivity contribution is -0.123.